The molecule has 0 saturated carbocycles. The van der Waals surface area contributed by atoms with Crippen LogP contribution in [0.4, 0.5) is 10.5 Å². The Balaban J connectivity index is 0.00000261. The van der Waals surface area contributed by atoms with Gasteiger partial charge in [0.25, 0.3) is 0 Å². The molecule has 1 aromatic rings. The summed E-state index contributed by atoms with van der Waals surface area (Å²) >= 11 is 1.91. The average molecular weight is 415 g/mol. The van der Waals surface area contributed by atoms with Gasteiger partial charge in [0.05, 0.1) is 12.1 Å². The topological polar surface area (TPSA) is 105 Å². The molecule has 7 nitrogen and oxygen atoms in total. The average Bonchev–Trinajstić information content (AvgIpc) is 3.17. The first-order valence-electron chi connectivity index (χ1n) is 9.07. The van der Waals surface area contributed by atoms with Crippen molar-refractivity contribution in [3.63, 3.8) is 0 Å². The highest BCUT2D eigenvalue weighted by molar-refractivity contribution is 8.00. The second-order valence-corrected chi connectivity index (χ2v) is 7.85. The molecule has 5 N–H and O–H groups in total. The number of carbonyl (C=O) groups excluding carboxylic acids is 2. The number of rotatable bonds is 9. The van der Waals surface area contributed by atoms with Crippen molar-refractivity contribution >= 4 is 41.8 Å². The molecule has 9 heteroatoms. The predicted octanol–water partition coefficient (Wildman–Crippen LogP) is 2.11. The van der Waals surface area contributed by atoms with Gasteiger partial charge < -0.3 is 26.4 Å². The number of hydrogen-bond donors (Lipinski definition) is 4. The van der Waals surface area contributed by atoms with Gasteiger partial charge in [-0.05, 0) is 37.1 Å². The lowest BCUT2D eigenvalue weighted by molar-refractivity contribution is -0.116. The largest absolute Gasteiger partial charge is 0.492 e. The number of hydrogen-bond acceptors (Lipinski definition) is 5. The molecule has 3 rings (SSSR count). The van der Waals surface area contributed by atoms with E-state index in [1.165, 1.54) is 0 Å². The van der Waals surface area contributed by atoms with E-state index in [0.29, 0.717) is 24.8 Å². The Morgan fingerprint density at radius 1 is 1.26 bits per heavy atom. The van der Waals surface area contributed by atoms with E-state index >= 15 is 0 Å². The number of nitrogens with one attached hydrogen (secondary N) is 3. The zero-order valence-corrected chi connectivity index (χ0v) is 16.7. The van der Waals surface area contributed by atoms with E-state index in [-0.39, 0.29) is 36.4 Å². The first kappa shape index (κ1) is 21.7. The Hall–Kier alpha value is -1.64. The molecular formula is C18H27ClN4O3S. The first-order valence-corrected chi connectivity index (χ1v) is 10.1. The third-order valence-electron chi connectivity index (χ3n) is 4.61. The maximum absolute atomic E-state index is 12.1. The zero-order valence-electron chi connectivity index (χ0n) is 15.1. The molecule has 0 radical (unpaired) electrons. The van der Waals surface area contributed by atoms with Gasteiger partial charge in [-0.1, -0.05) is 6.42 Å². The van der Waals surface area contributed by atoms with E-state index in [9.17, 15) is 9.59 Å². The molecule has 3 atom stereocenters. The van der Waals surface area contributed by atoms with Crippen LogP contribution in [-0.4, -0.2) is 48.2 Å². The molecular weight excluding hydrogens is 388 g/mol. The monoisotopic (exact) mass is 414 g/mol. The molecule has 2 heterocycles. The fourth-order valence-corrected chi connectivity index (χ4v) is 4.85. The van der Waals surface area contributed by atoms with Crippen LogP contribution in [0.1, 0.15) is 25.7 Å². The van der Waals surface area contributed by atoms with Gasteiger partial charge in [-0.3, -0.25) is 4.79 Å². The van der Waals surface area contributed by atoms with Crippen LogP contribution in [0.25, 0.3) is 0 Å². The molecule has 2 fully saturated rings. The van der Waals surface area contributed by atoms with Gasteiger partial charge in [0.15, 0.2) is 0 Å². The highest BCUT2D eigenvalue weighted by atomic mass is 35.5. The number of amides is 3. The summed E-state index contributed by atoms with van der Waals surface area (Å²) in [6.45, 7) is 0.953. The summed E-state index contributed by atoms with van der Waals surface area (Å²) in [5.41, 5.74) is 6.16. The maximum Gasteiger partial charge on any atom is 0.315 e. The summed E-state index contributed by atoms with van der Waals surface area (Å²) in [7, 11) is 0. The van der Waals surface area contributed by atoms with Crippen LogP contribution < -0.4 is 26.4 Å². The molecule has 0 aliphatic carbocycles. The number of nitrogens with two attached hydrogens (primary N) is 1. The summed E-state index contributed by atoms with van der Waals surface area (Å²) in [6.07, 6.45) is 3.35. The van der Waals surface area contributed by atoms with E-state index in [1.807, 2.05) is 36.0 Å². The lowest BCUT2D eigenvalue weighted by Gasteiger charge is -2.16. The van der Waals surface area contributed by atoms with Crippen LogP contribution >= 0.6 is 24.2 Å². The van der Waals surface area contributed by atoms with Gasteiger partial charge in [-0.25, -0.2) is 4.79 Å². The molecule has 0 aromatic heterocycles. The molecule has 2 saturated heterocycles. The van der Waals surface area contributed by atoms with E-state index in [0.717, 1.165) is 36.5 Å². The minimum absolute atomic E-state index is 0. The lowest BCUT2D eigenvalue weighted by Crippen LogP contribution is -2.36. The van der Waals surface area contributed by atoms with Crippen molar-refractivity contribution in [2.45, 2.75) is 43.0 Å². The molecule has 150 valence electrons. The van der Waals surface area contributed by atoms with Gasteiger partial charge in [-0.15, -0.1) is 12.4 Å². The third kappa shape index (κ3) is 6.19. The Labute approximate surface area is 170 Å². The standard InChI is InChI=1S/C18H26N4O3S.ClH/c19-9-10-25-13-7-5-12(6-8-13)20-16(23)4-2-1-3-15-17-14(11-26-15)21-18(24)22-17;/h5-8,14-15,17H,1-4,9-11,19H2,(H,20,23)(H2,21,22,24);1H/t14-,15-,17-;/m0./s1. The molecule has 2 aliphatic rings. The predicted molar refractivity (Wildman–Crippen MR) is 111 cm³/mol. The van der Waals surface area contributed by atoms with Gasteiger partial charge in [0, 0.05) is 29.7 Å². The number of unbranched alkanes of at least 4 members (excludes halogenated alkanes) is 1. The molecule has 1 aromatic carbocycles. The van der Waals surface area contributed by atoms with Crippen LogP contribution in [0, 0.1) is 0 Å². The smallest absolute Gasteiger partial charge is 0.315 e. The fourth-order valence-electron chi connectivity index (χ4n) is 3.31. The summed E-state index contributed by atoms with van der Waals surface area (Å²) in [5, 5.41) is 9.30. The van der Waals surface area contributed by atoms with E-state index in [2.05, 4.69) is 16.0 Å². The van der Waals surface area contributed by atoms with Crippen LogP contribution in [0.5, 0.6) is 5.75 Å². The molecule has 3 amide bonds. The minimum Gasteiger partial charge on any atom is -0.492 e. The molecule has 2 aliphatic heterocycles. The molecule has 27 heavy (non-hydrogen) atoms. The number of anilines is 1. The number of urea groups is 1. The van der Waals surface area contributed by atoms with Crippen LogP contribution in [0.15, 0.2) is 24.3 Å². The van der Waals surface area contributed by atoms with E-state index in [1.54, 1.807) is 0 Å². The normalized spacial score (nSPS) is 23.0. The first-order chi connectivity index (χ1) is 12.7. The zero-order chi connectivity index (χ0) is 18.4. The van der Waals surface area contributed by atoms with Crippen LogP contribution in [-0.2, 0) is 4.79 Å². The highest BCUT2D eigenvalue weighted by Gasteiger charge is 2.42. The summed E-state index contributed by atoms with van der Waals surface area (Å²) < 4.78 is 5.41. The van der Waals surface area contributed by atoms with Crippen molar-refractivity contribution < 1.29 is 14.3 Å². The number of halogens is 1. The number of carbonyl (C=O) groups is 2. The van der Waals surface area contributed by atoms with Crippen molar-refractivity contribution in [1.82, 2.24) is 10.6 Å². The van der Waals surface area contributed by atoms with Crippen molar-refractivity contribution in [2.24, 2.45) is 5.73 Å². The van der Waals surface area contributed by atoms with E-state index in [4.69, 9.17) is 10.5 Å². The number of ether oxygens (including phenoxy) is 1. The van der Waals surface area contributed by atoms with Gasteiger partial charge in [0.2, 0.25) is 5.91 Å². The number of fused-ring (bicyclic) bond motifs is 1. The Morgan fingerprint density at radius 3 is 2.78 bits per heavy atom. The molecule has 0 spiro atoms. The van der Waals surface area contributed by atoms with Crippen molar-refractivity contribution in [3.05, 3.63) is 24.3 Å². The lowest BCUT2D eigenvalue weighted by atomic mass is 10.0. The number of benzene rings is 1. The van der Waals surface area contributed by atoms with Gasteiger partial charge >= 0.3 is 6.03 Å². The summed E-state index contributed by atoms with van der Waals surface area (Å²) in [5.74, 6) is 1.74. The Bertz CT molecular complexity index is 632. The fraction of sp³-hybridized carbons (Fsp3) is 0.556. The van der Waals surface area contributed by atoms with Crippen molar-refractivity contribution in [3.8, 4) is 5.75 Å². The SMILES string of the molecule is Cl.NCCOc1ccc(NC(=O)CCCC[C@@H]2SC[C@@H]3NC(=O)N[C@@H]32)cc1. The van der Waals surface area contributed by atoms with Crippen molar-refractivity contribution in [2.75, 3.05) is 24.2 Å². The number of thioether (sulfide) groups is 1. The quantitative estimate of drug-likeness (QED) is 0.366. The second-order valence-electron chi connectivity index (χ2n) is 6.58. The highest BCUT2D eigenvalue weighted by Crippen LogP contribution is 2.33. The molecule has 0 bridgehead atoms. The van der Waals surface area contributed by atoms with E-state index < -0.39 is 0 Å². The summed E-state index contributed by atoms with van der Waals surface area (Å²) in [6, 6.07) is 7.75. The Kier molecular flexibility index (Phi) is 8.53. The van der Waals surface area contributed by atoms with Crippen molar-refractivity contribution in [1.29, 1.82) is 0 Å². The molecule has 0 unspecified atom stereocenters. The maximum atomic E-state index is 12.1. The second kappa shape index (κ2) is 10.6. The van der Waals surface area contributed by atoms with Crippen LogP contribution in [0.2, 0.25) is 0 Å². The van der Waals surface area contributed by atoms with Gasteiger partial charge in [-0.2, -0.15) is 11.8 Å². The van der Waals surface area contributed by atoms with Gasteiger partial charge in [0.1, 0.15) is 12.4 Å². The third-order valence-corrected chi connectivity index (χ3v) is 6.11. The van der Waals surface area contributed by atoms with Crippen LogP contribution in [0.3, 0.4) is 0 Å². The Morgan fingerprint density at radius 2 is 2.04 bits per heavy atom. The summed E-state index contributed by atoms with van der Waals surface area (Å²) in [4.78, 5) is 23.4. The minimum atomic E-state index is -0.0517.